The zero-order chi connectivity index (χ0) is 32.9. The van der Waals surface area contributed by atoms with Crippen molar-refractivity contribution in [1.29, 1.82) is 0 Å². The summed E-state index contributed by atoms with van der Waals surface area (Å²) in [6.07, 6.45) is -1.40. The molecule has 1 aliphatic heterocycles. The summed E-state index contributed by atoms with van der Waals surface area (Å²) in [5, 5.41) is 33.9. The lowest BCUT2D eigenvalue weighted by Gasteiger charge is -2.47. The molecule has 10 heteroatoms. The molecule has 252 valence electrons. The maximum Gasteiger partial charge on any atom is 0.311 e. The van der Waals surface area contributed by atoms with Gasteiger partial charge < -0.3 is 34.3 Å². The highest BCUT2D eigenvalue weighted by Crippen LogP contribution is 2.41. The Bertz CT molecular complexity index is 933. The third-order valence-electron chi connectivity index (χ3n) is 10.4. The van der Waals surface area contributed by atoms with E-state index < -0.39 is 65.7 Å². The molecule has 0 radical (unpaired) electrons. The number of methoxy groups -OCH3 is 2. The Morgan fingerprint density at radius 3 is 2.12 bits per heavy atom. The quantitative estimate of drug-likeness (QED) is 0.356. The molecule has 0 amide bonds. The van der Waals surface area contributed by atoms with Crippen LogP contribution in [0.1, 0.15) is 94.4 Å². The van der Waals surface area contributed by atoms with E-state index >= 15 is 0 Å². The van der Waals surface area contributed by atoms with Crippen molar-refractivity contribution in [3.63, 3.8) is 0 Å². The Labute approximate surface area is 258 Å². The fourth-order valence-corrected chi connectivity index (χ4v) is 7.65. The van der Waals surface area contributed by atoms with Gasteiger partial charge in [0, 0.05) is 32.3 Å². The average Bonchev–Trinajstić information content (AvgIpc) is 2.95. The summed E-state index contributed by atoms with van der Waals surface area (Å²) in [4.78, 5) is 18.3. The van der Waals surface area contributed by atoms with Crippen LogP contribution in [-0.4, -0.2) is 102 Å². The highest BCUT2D eigenvalue weighted by atomic mass is 19.1. The molecular formula is C33H60FNO8. The smallest absolute Gasteiger partial charge is 0.311 e. The standard InChI is InChI=1S/C33H60FNO8/c1-12-25-33(9,39)29(37)22(5)26(35-14-13-34)20(3)16-31(7,40-10)17-21(4)27(23(6)30(38)43-25)42-24-15-19(2)28(36)32(8,18-24)41-11/h19-25,27-29,36-37,39H,12-18H2,1-11H3/t19?,20-,21-,22?,23?,24-,25-,27+,28+,29?,31-,32-,33-/m1/s1. The third-order valence-corrected chi connectivity index (χ3v) is 10.4. The fraction of sp³-hybridized carbons (Fsp3) is 0.939. The number of hydrogen-bond acceptors (Lipinski definition) is 9. The lowest BCUT2D eigenvalue weighted by atomic mass is 9.74. The summed E-state index contributed by atoms with van der Waals surface area (Å²) in [7, 11) is 3.24. The zero-order valence-corrected chi connectivity index (χ0v) is 28.4. The van der Waals surface area contributed by atoms with Crippen LogP contribution in [0, 0.1) is 29.6 Å². The summed E-state index contributed by atoms with van der Waals surface area (Å²) < 4.78 is 37.8. The summed E-state index contributed by atoms with van der Waals surface area (Å²) in [5.74, 6) is -2.29. The maximum absolute atomic E-state index is 13.8. The summed E-state index contributed by atoms with van der Waals surface area (Å²) >= 11 is 0. The number of alkyl halides is 1. The van der Waals surface area contributed by atoms with Crippen LogP contribution in [0.5, 0.6) is 0 Å². The monoisotopic (exact) mass is 617 g/mol. The molecule has 2 rings (SSSR count). The Hall–Kier alpha value is -1.17. The van der Waals surface area contributed by atoms with Gasteiger partial charge in [-0.2, -0.15) is 0 Å². The first-order valence-corrected chi connectivity index (χ1v) is 16.1. The number of aliphatic hydroxyl groups is 3. The second kappa shape index (κ2) is 15.4. The molecule has 0 bridgehead atoms. The van der Waals surface area contributed by atoms with E-state index in [4.69, 9.17) is 18.9 Å². The van der Waals surface area contributed by atoms with E-state index in [-0.39, 0.29) is 36.8 Å². The van der Waals surface area contributed by atoms with Crippen molar-refractivity contribution in [2.45, 2.75) is 142 Å². The third kappa shape index (κ3) is 8.76. The van der Waals surface area contributed by atoms with Gasteiger partial charge in [-0.05, 0) is 71.1 Å². The van der Waals surface area contributed by atoms with Crippen LogP contribution in [0.4, 0.5) is 4.39 Å². The lowest BCUT2D eigenvalue weighted by molar-refractivity contribution is -0.203. The SMILES string of the molecule is CC[C@H]1OC(=O)C(C)[C@@H](O[C@@H]2CC(C)[C@H](O)[C@](C)(OC)C2)[C@H](C)C[C@](C)(OC)C[C@@H](C)C(=NCCF)C(C)C(O)[C@]1(C)O. The number of rotatable bonds is 7. The Morgan fingerprint density at radius 2 is 1.58 bits per heavy atom. The van der Waals surface area contributed by atoms with Gasteiger partial charge in [0.1, 0.15) is 18.4 Å². The van der Waals surface area contributed by atoms with Crippen LogP contribution in [0.25, 0.3) is 0 Å². The lowest BCUT2D eigenvalue weighted by Crippen LogP contribution is -2.56. The molecule has 3 N–H and O–H groups in total. The molecule has 0 aromatic heterocycles. The highest BCUT2D eigenvalue weighted by molar-refractivity contribution is 5.89. The highest BCUT2D eigenvalue weighted by Gasteiger charge is 2.49. The minimum Gasteiger partial charge on any atom is -0.459 e. The number of nitrogens with zero attached hydrogens (tertiary/aromatic N) is 1. The number of carbonyl (C=O) groups is 1. The summed E-state index contributed by atoms with van der Waals surface area (Å²) in [6.45, 7) is 16.0. The zero-order valence-electron chi connectivity index (χ0n) is 28.4. The van der Waals surface area contributed by atoms with Crippen molar-refractivity contribution in [3.8, 4) is 0 Å². The van der Waals surface area contributed by atoms with E-state index in [1.54, 1.807) is 35.0 Å². The van der Waals surface area contributed by atoms with Crippen LogP contribution in [0.15, 0.2) is 4.99 Å². The number of hydrogen-bond donors (Lipinski definition) is 3. The molecule has 0 aromatic rings. The van der Waals surface area contributed by atoms with Crippen molar-refractivity contribution in [2.24, 2.45) is 34.6 Å². The molecule has 43 heavy (non-hydrogen) atoms. The van der Waals surface area contributed by atoms with Gasteiger partial charge in [-0.3, -0.25) is 9.79 Å². The molecule has 1 aliphatic carbocycles. The second-order valence-corrected chi connectivity index (χ2v) is 14.1. The van der Waals surface area contributed by atoms with Gasteiger partial charge in [0.2, 0.25) is 0 Å². The van der Waals surface area contributed by atoms with Crippen molar-refractivity contribution >= 4 is 11.7 Å². The molecule has 2 fully saturated rings. The van der Waals surface area contributed by atoms with Crippen molar-refractivity contribution in [3.05, 3.63) is 0 Å². The first-order chi connectivity index (χ1) is 19.9. The van der Waals surface area contributed by atoms with Crippen LogP contribution >= 0.6 is 0 Å². The van der Waals surface area contributed by atoms with Crippen LogP contribution in [0.3, 0.4) is 0 Å². The van der Waals surface area contributed by atoms with Crippen LogP contribution in [-0.2, 0) is 23.7 Å². The molecule has 1 saturated heterocycles. The molecule has 13 atom stereocenters. The Kier molecular flexibility index (Phi) is 13.6. The minimum absolute atomic E-state index is 0.0481. The predicted molar refractivity (Wildman–Crippen MR) is 165 cm³/mol. The van der Waals surface area contributed by atoms with Crippen LogP contribution in [0.2, 0.25) is 0 Å². The summed E-state index contributed by atoms with van der Waals surface area (Å²) in [5.41, 5.74) is -2.66. The number of carbonyl (C=O) groups excluding carboxylic acids is 1. The van der Waals surface area contributed by atoms with E-state index in [1.807, 2.05) is 34.6 Å². The van der Waals surface area contributed by atoms with Crippen molar-refractivity contribution in [1.82, 2.24) is 0 Å². The number of esters is 1. The normalized spacial score (nSPS) is 46.8. The van der Waals surface area contributed by atoms with E-state index in [0.717, 1.165) is 0 Å². The van der Waals surface area contributed by atoms with Gasteiger partial charge >= 0.3 is 5.97 Å². The molecule has 9 nitrogen and oxygen atoms in total. The molecule has 0 spiro atoms. The van der Waals surface area contributed by atoms with Gasteiger partial charge in [0.05, 0.1) is 48.1 Å². The van der Waals surface area contributed by atoms with E-state index in [1.165, 1.54) is 6.92 Å². The van der Waals surface area contributed by atoms with E-state index in [9.17, 15) is 24.5 Å². The van der Waals surface area contributed by atoms with Gasteiger partial charge in [-0.1, -0.05) is 34.6 Å². The largest absolute Gasteiger partial charge is 0.459 e. The van der Waals surface area contributed by atoms with Crippen molar-refractivity contribution in [2.75, 3.05) is 27.4 Å². The van der Waals surface area contributed by atoms with Crippen molar-refractivity contribution < 1.29 is 43.5 Å². The van der Waals surface area contributed by atoms with E-state index in [0.29, 0.717) is 31.4 Å². The molecule has 1 saturated carbocycles. The van der Waals surface area contributed by atoms with Gasteiger partial charge in [0.25, 0.3) is 0 Å². The molecule has 4 unspecified atom stereocenters. The first kappa shape index (κ1) is 38.0. The molecular weight excluding hydrogens is 557 g/mol. The average molecular weight is 618 g/mol. The van der Waals surface area contributed by atoms with Gasteiger partial charge in [-0.15, -0.1) is 0 Å². The van der Waals surface area contributed by atoms with Gasteiger partial charge in [0.15, 0.2) is 0 Å². The molecule has 0 aromatic carbocycles. The van der Waals surface area contributed by atoms with Gasteiger partial charge in [-0.25, -0.2) is 4.39 Å². The minimum atomic E-state index is -1.80. The summed E-state index contributed by atoms with van der Waals surface area (Å²) in [6, 6.07) is 0. The first-order valence-electron chi connectivity index (χ1n) is 16.1. The Balaban J connectivity index is 2.59. The fourth-order valence-electron chi connectivity index (χ4n) is 7.65. The number of aliphatic imine (C=N–C) groups is 1. The molecule has 1 heterocycles. The topological polar surface area (TPSA) is 127 Å². The number of halogens is 1. The Morgan fingerprint density at radius 1 is 0.953 bits per heavy atom. The molecule has 2 aliphatic rings. The number of aliphatic hydroxyl groups excluding tert-OH is 2. The van der Waals surface area contributed by atoms with Crippen LogP contribution < -0.4 is 0 Å². The van der Waals surface area contributed by atoms with E-state index in [2.05, 4.69) is 4.99 Å². The second-order valence-electron chi connectivity index (χ2n) is 14.1. The maximum atomic E-state index is 13.8. The predicted octanol–water partition coefficient (Wildman–Crippen LogP) is 4.52. The number of ether oxygens (including phenoxy) is 4. The number of cyclic esters (lactones) is 1.